The number of hydrogen-bond acceptors (Lipinski definition) is 2. The first-order valence-electron chi connectivity index (χ1n) is 6.05. The lowest BCUT2D eigenvalue weighted by molar-refractivity contribution is -0.146. The highest BCUT2D eigenvalue weighted by Crippen LogP contribution is 2.18. The van der Waals surface area contributed by atoms with E-state index < -0.39 is 12.0 Å². The minimum absolute atomic E-state index is 0.264. The first kappa shape index (κ1) is 13.6. The summed E-state index contributed by atoms with van der Waals surface area (Å²) >= 11 is 5.77. The summed E-state index contributed by atoms with van der Waals surface area (Å²) in [4.78, 5) is 24.3. The van der Waals surface area contributed by atoms with Crippen LogP contribution in [0.1, 0.15) is 18.4 Å². The van der Waals surface area contributed by atoms with Crippen molar-refractivity contribution in [3.05, 3.63) is 40.9 Å². The third-order valence-electron chi connectivity index (χ3n) is 3.11. The number of halogens is 1. The van der Waals surface area contributed by atoms with Crippen molar-refractivity contribution in [3.8, 4) is 0 Å². The molecule has 1 fully saturated rings. The van der Waals surface area contributed by atoms with Gasteiger partial charge in [-0.25, -0.2) is 4.79 Å². The van der Waals surface area contributed by atoms with E-state index in [-0.39, 0.29) is 5.91 Å². The van der Waals surface area contributed by atoms with Gasteiger partial charge in [-0.1, -0.05) is 23.7 Å². The molecule has 1 unspecified atom stereocenters. The lowest BCUT2D eigenvalue weighted by Crippen LogP contribution is -2.39. The molecule has 4 nitrogen and oxygen atoms in total. The van der Waals surface area contributed by atoms with E-state index in [2.05, 4.69) is 0 Å². The Labute approximate surface area is 116 Å². The molecule has 0 aromatic heterocycles. The van der Waals surface area contributed by atoms with Gasteiger partial charge in [-0.2, -0.15) is 0 Å². The predicted octanol–water partition coefficient (Wildman–Crippen LogP) is 2.43. The van der Waals surface area contributed by atoms with Crippen LogP contribution in [0.5, 0.6) is 0 Å². The highest BCUT2D eigenvalue weighted by Gasteiger charge is 2.32. The van der Waals surface area contributed by atoms with E-state index in [4.69, 9.17) is 16.7 Å². The summed E-state index contributed by atoms with van der Waals surface area (Å²) in [5.41, 5.74) is 0.851. The fourth-order valence-electron chi connectivity index (χ4n) is 2.12. The molecule has 1 N–H and O–H groups in total. The maximum Gasteiger partial charge on any atom is 0.326 e. The zero-order chi connectivity index (χ0) is 13.8. The van der Waals surface area contributed by atoms with Crippen LogP contribution >= 0.6 is 11.6 Å². The van der Waals surface area contributed by atoms with Crippen molar-refractivity contribution in [1.29, 1.82) is 0 Å². The molecule has 0 spiro atoms. The number of carboxylic acid groups (broad SMARTS) is 1. The smallest absolute Gasteiger partial charge is 0.326 e. The van der Waals surface area contributed by atoms with Gasteiger partial charge < -0.3 is 10.0 Å². The van der Waals surface area contributed by atoms with E-state index in [0.717, 1.165) is 12.0 Å². The number of hydrogen-bond donors (Lipinski definition) is 1. The predicted molar refractivity (Wildman–Crippen MR) is 72.9 cm³/mol. The zero-order valence-corrected chi connectivity index (χ0v) is 11.0. The van der Waals surface area contributed by atoms with Gasteiger partial charge in [0, 0.05) is 17.6 Å². The summed E-state index contributed by atoms with van der Waals surface area (Å²) < 4.78 is 0. The summed E-state index contributed by atoms with van der Waals surface area (Å²) in [5, 5.41) is 9.65. The van der Waals surface area contributed by atoms with Gasteiger partial charge in [-0.05, 0) is 36.6 Å². The molecule has 0 aliphatic carbocycles. The molecule has 1 atom stereocenters. The summed E-state index contributed by atoms with van der Waals surface area (Å²) in [6, 6.07) is 6.38. The Balaban J connectivity index is 2.04. The molecule has 0 bridgehead atoms. The molecule has 1 amide bonds. The number of aliphatic carboxylic acids is 1. The van der Waals surface area contributed by atoms with Gasteiger partial charge in [0.25, 0.3) is 0 Å². The first-order valence-corrected chi connectivity index (χ1v) is 6.43. The van der Waals surface area contributed by atoms with Crippen molar-refractivity contribution < 1.29 is 14.7 Å². The molecule has 19 heavy (non-hydrogen) atoms. The van der Waals surface area contributed by atoms with Gasteiger partial charge in [0.15, 0.2) is 0 Å². The SMILES string of the molecule is O=C(O)C1CCCN1C(=O)C=Cc1ccc(Cl)cc1. The van der Waals surface area contributed by atoms with E-state index in [1.54, 1.807) is 30.3 Å². The highest BCUT2D eigenvalue weighted by atomic mass is 35.5. The maximum absolute atomic E-state index is 12.0. The van der Waals surface area contributed by atoms with Crippen LogP contribution in [0.4, 0.5) is 0 Å². The third-order valence-corrected chi connectivity index (χ3v) is 3.36. The second-order valence-corrected chi connectivity index (χ2v) is 4.85. The fourth-order valence-corrected chi connectivity index (χ4v) is 2.25. The number of rotatable bonds is 3. The Kier molecular flexibility index (Phi) is 4.22. The maximum atomic E-state index is 12.0. The van der Waals surface area contributed by atoms with Crippen LogP contribution in [0.2, 0.25) is 5.02 Å². The standard InChI is InChI=1S/C14H14ClNO3/c15-11-6-3-10(4-7-11)5-8-13(17)16-9-1-2-12(16)14(18)19/h3-8,12H,1-2,9H2,(H,18,19). The summed E-state index contributed by atoms with van der Waals surface area (Å²) in [6.45, 7) is 0.501. The van der Waals surface area contributed by atoms with Crippen molar-refractivity contribution in [1.82, 2.24) is 4.90 Å². The lowest BCUT2D eigenvalue weighted by Gasteiger charge is -2.19. The second kappa shape index (κ2) is 5.89. The molecule has 1 aromatic carbocycles. The average Bonchev–Trinajstić information content (AvgIpc) is 2.87. The molecule has 100 valence electrons. The van der Waals surface area contributed by atoms with Gasteiger partial charge in [0.2, 0.25) is 5.91 Å². The number of carboxylic acids is 1. The molecule has 1 aliphatic rings. The van der Waals surface area contributed by atoms with Crippen LogP contribution < -0.4 is 0 Å². The minimum Gasteiger partial charge on any atom is -0.480 e. The van der Waals surface area contributed by atoms with Gasteiger partial charge >= 0.3 is 5.97 Å². The van der Waals surface area contributed by atoms with E-state index >= 15 is 0 Å². The van der Waals surface area contributed by atoms with E-state index in [1.165, 1.54) is 11.0 Å². The van der Waals surface area contributed by atoms with Crippen molar-refractivity contribution in [2.45, 2.75) is 18.9 Å². The summed E-state index contributed by atoms with van der Waals surface area (Å²) in [7, 11) is 0. The lowest BCUT2D eigenvalue weighted by atomic mass is 10.2. The van der Waals surface area contributed by atoms with Crippen molar-refractivity contribution in [2.24, 2.45) is 0 Å². The molecule has 1 aliphatic heterocycles. The Morgan fingerprint density at radius 2 is 2.00 bits per heavy atom. The van der Waals surface area contributed by atoms with Gasteiger partial charge in [-0.15, -0.1) is 0 Å². The molecule has 1 saturated heterocycles. The van der Waals surface area contributed by atoms with Crippen LogP contribution in [0, 0.1) is 0 Å². The van der Waals surface area contributed by atoms with Gasteiger partial charge in [0.05, 0.1) is 0 Å². The Morgan fingerprint density at radius 3 is 2.63 bits per heavy atom. The van der Waals surface area contributed by atoms with E-state index in [0.29, 0.717) is 18.0 Å². The molecule has 0 saturated carbocycles. The monoisotopic (exact) mass is 279 g/mol. The largest absolute Gasteiger partial charge is 0.480 e. The highest BCUT2D eigenvalue weighted by molar-refractivity contribution is 6.30. The summed E-state index contributed by atoms with van der Waals surface area (Å²) in [6.07, 6.45) is 4.33. The fraction of sp³-hybridized carbons (Fsp3) is 0.286. The molecule has 0 radical (unpaired) electrons. The molecule has 5 heteroatoms. The van der Waals surface area contributed by atoms with Crippen LogP contribution in [0.15, 0.2) is 30.3 Å². The van der Waals surface area contributed by atoms with Crippen LogP contribution in [0.25, 0.3) is 6.08 Å². The average molecular weight is 280 g/mol. The zero-order valence-electron chi connectivity index (χ0n) is 10.3. The number of likely N-dealkylation sites (tertiary alicyclic amines) is 1. The van der Waals surface area contributed by atoms with Gasteiger partial charge in [-0.3, -0.25) is 4.79 Å². The molecule has 1 heterocycles. The number of nitrogens with zero attached hydrogens (tertiary/aromatic N) is 1. The quantitative estimate of drug-likeness (QED) is 0.865. The number of carbonyl (C=O) groups excluding carboxylic acids is 1. The normalized spacial score (nSPS) is 19.0. The number of carbonyl (C=O) groups is 2. The van der Waals surface area contributed by atoms with E-state index in [1.807, 2.05) is 0 Å². The Bertz CT molecular complexity index is 510. The first-order chi connectivity index (χ1) is 9.08. The summed E-state index contributed by atoms with van der Waals surface area (Å²) in [5.74, 6) is -1.20. The van der Waals surface area contributed by atoms with Crippen LogP contribution in [-0.4, -0.2) is 34.5 Å². The van der Waals surface area contributed by atoms with E-state index in [9.17, 15) is 9.59 Å². The molecular formula is C14H14ClNO3. The third kappa shape index (κ3) is 3.35. The Hall–Kier alpha value is -1.81. The molecule has 1 aromatic rings. The minimum atomic E-state index is -0.939. The topological polar surface area (TPSA) is 57.6 Å². The van der Waals surface area contributed by atoms with Crippen LogP contribution in [-0.2, 0) is 9.59 Å². The van der Waals surface area contributed by atoms with Gasteiger partial charge in [0.1, 0.15) is 6.04 Å². The molecule has 2 rings (SSSR count). The Morgan fingerprint density at radius 1 is 1.32 bits per heavy atom. The molecular weight excluding hydrogens is 266 g/mol. The van der Waals surface area contributed by atoms with Crippen LogP contribution in [0.3, 0.4) is 0 Å². The second-order valence-electron chi connectivity index (χ2n) is 4.41. The van der Waals surface area contributed by atoms with Crippen molar-refractivity contribution >= 4 is 29.6 Å². The van der Waals surface area contributed by atoms with Crippen molar-refractivity contribution in [3.63, 3.8) is 0 Å². The van der Waals surface area contributed by atoms with Crippen molar-refractivity contribution in [2.75, 3.05) is 6.54 Å². The number of benzene rings is 1. The number of amides is 1.